The molecule has 0 aromatic heterocycles. The van der Waals surface area contributed by atoms with Gasteiger partial charge in [0.2, 0.25) is 0 Å². The van der Waals surface area contributed by atoms with Gasteiger partial charge in [0.05, 0.1) is 13.7 Å². The van der Waals surface area contributed by atoms with Crippen LogP contribution in [0.2, 0.25) is 0 Å². The maximum Gasteiger partial charge on any atom is 0.260 e. The number of halogens is 1. The fourth-order valence-corrected chi connectivity index (χ4v) is 1.93. The first-order valence-electron chi connectivity index (χ1n) is 7.55. The van der Waals surface area contributed by atoms with Gasteiger partial charge >= 0.3 is 0 Å². The monoisotopic (exact) mass is 333 g/mol. The zero-order chi connectivity index (χ0) is 17.4. The maximum atomic E-state index is 12.8. The summed E-state index contributed by atoms with van der Waals surface area (Å²) in [6, 6.07) is 12.7. The Hall–Kier alpha value is -2.76. The lowest BCUT2D eigenvalue weighted by molar-refractivity contribution is -0.127. The van der Waals surface area contributed by atoms with Crippen molar-refractivity contribution in [2.75, 3.05) is 20.3 Å². The van der Waals surface area contributed by atoms with Crippen LogP contribution in [-0.2, 0) is 4.79 Å². The average Bonchev–Trinajstić information content (AvgIpc) is 2.61. The number of rotatable bonds is 8. The van der Waals surface area contributed by atoms with Crippen molar-refractivity contribution in [1.82, 2.24) is 5.32 Å². The second kappa shape index (κ2) is 8.76. The topological polar surface area (TPSA) is 56.8 Å². The summed E-state index contributed by atoms with van der Waals surface area (Å²) >= 11 is 0. The van der Waals surface area contributed by atoms with E-state index in [1.165, 1.54) is 24.3 Å². The maximum absolute atomic E-state index is 12.8. The van der Waals surface area contributed by atoms with Gasteiger partial charge in [-0.05, 0) is 55.5 Å². The van der Waals surface area contributed by atoms with E-state index in [2.05, 4.69) is 5.32 Å². The van der Waals surface area contributed by atoms with Crippen LogP contribution < -0.4 is 19.5 Å². The van der Waals surface area contributed by atoms with E-state index in [1.54, 1.807) is 38.3 Å². The molecule has 5 nitrogen and oxygen atoms in total. The third-order valence-corrected chi connectivity index (χ3v) is 3.23. The lowest BCUT2D eigenvalue weighted by Crippen LogP contribution is -2.38. The van der Waals surface area contributed by atoms with Gasteiger partial charge in [0.15, 0.2) is 6.10 Å². The molecule has 1 amide bonds. The molecule has 0 unspecified atom stereocenters. The molecule has 1 N–H and O–H groups in total. The molecule has 0 saturated heterocycles. The number of benzene rings is 2. The van der Waals surface area contributed by atoms with Gasteiger partial charge in [-0.15, -0.1) is 0 Å². The van der Waals surface area contributed by atoms with E-state index in [1.807, 2.05) is 0 Å². The Labute approximate surface area is 140 Å². The Morgan fingerprint density at radius 2 is 1.62 bits per heavy atom. The highest BCUT2D eigenvalue weighted by Crippen LogP contribution is 2.16. The van der Waals surface area contributed by atoms with Crippen molar-refractivity contribution < 1.29 is 23.4 Å². The standard InChI is InChI=1S/C18H20FNO4/c1-13(24-17-5-3-14(19)4-6-17)18(21)20-11-12-23-16-9-7-15(22-2)8-10-16/h3-10,13H,11-12H2,1-2H3,(H,20,21)/t13-/m1/s1. The van der Waals surface area contributed by atoms with E-state index in [0.717, 1.165) is 5.75 Å². The van der Waals surface area contributed by atoms with E-state index >= 15 is 0 Å². The first kappa shape index (κ1) is 17.6. The molecule has 0 aliphatic heterocycles. The second-order valence-electron chi connectivity index (χ2n) is 5.03. The summed E-state index contributed by atoms with van der Waals surface area (Å²) in [7, 11) is 1.60. The van der Waals surface area contributed by atoms with Crippen molar-refractivity contribution in [3.8, 4) is 17.2 Å². The molecule has 2 aromatic rings. The van der Waals surface area contributed by atoms with Crippen LogP contribution in [-0.4, -0.2) is 32.3 Å². The number of methoxy groups -OCH3 is 1. The lowest BCUT2D eigenvalue weighted by atomic mass is 10.3. The van der Waals surface area contributed by atoms with Crippen molar-refractivity contribution in [2.24, 2.45) is 0 Å². The van der Waals surface area contributed by atoms with E-state index in [0.29, 0.717) is 24.7 Å². The number of hydrogen-bond donors (Lipinski definition) is 1. The largest absolute Gasteiger partial charge is 0.497 e. The number of carbonyl (C=O) groups is 1. The van der Waals surface area contributed by atoms with Gasteiger partial charge in [0, 0.05) is 0 Å². The first-order chi connectivity index (χ1) is 11.6. The van der Waals surface area contributed by atoms with Crippen LogP contribution in [0.1, 0.15) is 6.92 Å². The van der Waals surface area contributed by atoms with Crippen molar-refractivity contribution in [3.63, 3.8) is 0 Å². The van der Waals surface area contributed by atoms with E-state index in [9.17, 15) is 9.18 Å². The van der Waals surface area contributed by atoms with Crippen molar-refractivity contribution >= 4 is 5.91 Å². The highest BCUT2D eigenvalue weighted by Gasteiger charge is 2.14. The summed E-state index contributed by atoms with van der Waals surface area (Å²) in [6.07, 6.45) is -0.684. The Kier molecular flexibility index (Phi) is 6.42. The van der Waals surface area contributed by atoms with Crippen LogP contribution in [0.15, 0.2) is 48.5 Å². The van der Waals surface area contributed by atoms with Crippen LogP contribution >= 0.6 is 0 Å². The number of hydrogen-bond acceptors (Lipinski definition) is 4. The van der Waals surface area contributed by atoms with E-state index in [4.69, 9.17) is 14.2 Å². The van der Waals surface area contributed by atoms with Gasteiger partial charge in [-0.25, -0.2) is 4.39 Å². The summed E-state index contributed by atoms with van der Waals surface area (Å²) in [4.78, 5) is 11.9. The minimum atomic E-state index is -0.684. The number of nitrogens with one attached hydrogen (secondary N) is 1. The number of amides is 1. The number of ether oxygens (including phenoxy) is 3. The first-order valence-corrected chi connectivity index (χ1v) is 7.55. The molecular weight excluding hydrogens is 313 g/mol. The average molecular weight is 333 g/mol. The fraction of sp³-hybridized carbons (Fsp3) is 0.278. The summed E-state index contributed by atoms with van der Waals surface area (Å²) in [5.74, 6) is 1.27. The molecule has 1 atom stereocenters. The van der Waals surface area contributed by atoms with Crippen LogP contribution in [0, 0.1) is 5.82 Å². The van der Waals surface area contributed by atoms with Gasteiger partial charge in [0.1, 0.15) is 29.7 Å². The molecule has 0 aliphatic carbocycles. The molecule has 0 radical (unpaired) electrons. The van der Waals surface area contributed by atoms with Crippen LogP contribution in [0.25, 0.3) is 0 Å². The molecule has 0 aliphatic rings. The van der Waals surface area contributed by atoms with Crippen molar-refractivity contribution in [3.05, 3.63) is 54.3 Å². The Bertz CT molecular complexity index is 643. The Morgan fingerprint density at radius 3 is 2.25 bits per heavy atom. The van der Waals surface area contributed by atoms with Crippen molar-refractivity contribution in [2.45, 2.75) is 13.0 Å². The predicted molar refractivity (Wildman–Crippen MR) is 88.0 cm³/mol. The summed E-state index contributed by atoms with van der Waals surface area (Å²) in [5, 5.41) is 2.72. The molecular formula is C18H20FNO4. The molecule has 2 rings (SSSR count). The minimum Gasteiger partial charge on any atom is -0.497 e. The normalized spacial score (nSPS) is 11.5. The summed E-state index contributed by atoms with van der Waals surface area (Å²) < 4.78 is 28.8. The second-order valence-corrected chi connectivity index (χ2v) is 5.03. The molecule has 128 valence electrons. The SMILES string of the molecule is COc1ccc(OCCNC(=O)[C@@H](C)Oc2ccc(F)cc2)cc1. The zero-order valence-electron chi connectivity index (χ0n) is 13.6. The molecule has 0 saturated carbocycles. The Balaban J connectivity index is 1.69. The van der Waals surface area contributed by atoms with Gasteiger partial charge < -0.3 is 19.5 Å². The van der Waals surface area contributed by atoms with Crippen LogP contribution in [0.4, 0.5) is 4.39 Å². The molecule has 0 fully saturated rings. The predicted octanol–water partition coefficient (Wildman–Crippen LogP) is 2.80. The highest BCUT2D eigenvalue weighted by molar-refractivity contribution is 5.80. The highest BCUT2D eigenvalue weighted by atomic mass is 19.1. The molecule has 0 bridgehead atoms. The Morgan fingerprint density at radius 1 is 1.04 bits per heavy atom. The zero-order valence-corrected chi connectivity index (χ0v) is 13.6. The van der Waals surface area contributed by atoms with Gasteiger partial charge in [0.25, 0.3) is 5.91 Å². The smallest absolute Gasteiger partial charge is 0.260 e. The molecule has 24 heavy (non-hydrogen) atoms. The minimum absolute atomic E-state index is 0.266. The molecule has 0 spiro atoms. The van der Waals surface area contributed by atoms with Crippen molar-refractivity contribution in [1.29, 1.82) is 0 Å². The number of carbonyl (C=O) groups excluding carboxylic acids is 1. The molecule has 0 heterocycles. The lowest BCUT2D eigenvalue weighted by Gasteiger charge is -2.15. The van der Waals surface area contributed by atoms with E-state index < -0.39 is 6.10 Å². The molecule has 2 aromatic carbocycles. The quantitative estimate of drug-likeness (QED) is 0.755. The fourth-order valence-electron chi connectivity index (χ4n) is 1.93. The third-order valence-electron chi connectivity index (χ3n) is 3.23. The molecule has 6 heteroatoms. The summed E-state index contributed by atoms with van der Waals surface area (Å²) in [6.45, 7) is 2.31. The third kappa shape index (κ3) is 5.46. The van der Waals surface area contributed by atoms with Crippen LogP contribution in [0.3, 0.4) is 0 Å². The van der Waals surface area contributed by atoms with Gasteiger partial charge in [-0.3, -0.25) is 4.79 Å². The van der Waals surface area contributed by atoms with Gasteiger partial charge in [-0.1, -0.05) is 0 Å². The van der Waals surface area contributed by atoms with Crippen LogP contribution in [0.5, 0.6) is 17.2 Å². The van der Waals surface area contributed by atoms with E-state index in [-0.39, 0.29) is 11.7 Å². The van der Waals surface area contributed by atoms with Gasteiger partial charge in [-0.2, -0.15) is 0 Å². The summed E-state index contributed by atoms with van der Waals surface area (Å²) in [5.41, 5.74) is 0.